The third-order valence-corrected chi connectivity index (χ3v) is 3.10. The summed E-state index contributed by atoms with van der Waals surface area (Å²) in [6, 6.07) is -0.926. The molecule has 0 aliphatic heterocycles. The fraction of sp³-hybridized carbons (Fsp3) is 0.800. The summed E-state index contributed by atoms with van der Waals surface area (Å²) in [5.74, 6) is -1.54. The average molecular weight is 295 g/mol. The lowest BCUT2D eigenvalue weighted by Gasteiger charge is -2.26. The number of carbonyl (C=O) groups is 2. The third kappa shape index (κ3) is 9.40. The molecule has 0 aromatic rings. The third-order valence-electron chi connectivity index (χ3n) is 2.17. The Morgan fingerprint density at radius 3 is 2.32 bits per heavy atom. The van der Waals surface area contributed by atoms with E-state index in [1.54, 1.807) is 13.8 Å². The van der Waals surface area contributed by atoms with Gasteiger partial charge in [0.05, 0.1) is 12.3 Å². The Bertz CT molecular complexity index is 432. The van der Waals surface area contributed by atoms with Gasteiger partial charge in [0.15, 0.2) is 0 Å². The molecule has 1 amide bonds. The minimum Gasteiger partial charge on any atom is -0.481 e. The molecule has 0 aliphatic carbocycles. The van der Waals surface area contributed by atoms with E-state index in [1.807, 2.05) is 0 Å². The van der Waals surface area contributed by atoms with Crippen molar-refractivity contribution in [2.24, 2.45) is 5.73 Å². The van der Waals surface area contributed by atoms with Crippen molar-refractivity contribution in [1.29, 1.82) is 0 Å². The van der Waals surface area contributed by atoms with Gasteiger partial charge < -0.3 is 16.2 Å². The maximum Gasteiger partial charge on any atom is 0.303 e. The van der Waals surface area contributed by atoms with Crippen LogP contribution in [0.4, 0.5) is 0 Å². The van der Waals surface area contributed by atoms with E-state index < -0.39 is 33.5 Å². The van der Waals surface area contributed by atoms with Crippen LogP contribution >= 0.6 is 0 Å². The maximum absolute atomic E-state index is 11.6. The predicted molar refractivity (Wildman–Crippen MR) is 69.9 cm³/mol. The Hall–Kier alpha value is -1.19. The quantitative estimate of drug-likeness (QED) is 0.435. The Labute approximate surface area is 112 Å². The first kappa shape index (κ1) is 17.8. The van der Waals surface area contributed by atoms with Gasteiger partial charge in [-0.05, 0) is 20.3 Å². The largest absolute Gasteiger partial charge is 0.481 e. The van der Waals surface area contributed by atoms with Gasteiger partial charge in [0.1, 0.15) is 0 Å². The number of nitrogens with two attached hydrogens (primary N) is 1. The van der Waals surface area contributed by atoms with Crippen molar-refractivity contribution in [3.63, 3.8) is 0 Å². The minimum absolute atomic E-state index is 0.0289. The number of amides is 1. The van der Waals surface area contributed by atoms with E-state index >= 15 is 0 Å². The molecule has 1 unspecified atom stereocenters. The van der Waals surface area contributed by atoms with E-state index in [1.165, 1.54) is 0 Å². The maximum atomic E-state index is 11.6. The number of carboxylic acid groups (broad SMARTS) is 1. The van der Waals surface area contributed by atoms with Gasteiger partial charge in [-0.3, -0.25) is 9.59 Å². The van der Waals surface area contributed by atoms with E-state index in [0.29, 0.717) is 0 Å². The molecule has 0 bridgehead atoms. The number of carboxylic acids is 1. The van der Waals surface area contributed by atoms with Crippen LogP contribution in [0.3, 0.4) is 0 Å². The van der Waals surface area contributed by atoms with Crippen molar-refractivity contribution in [3.8, 4) is 0 Å². The fourth-order valence-electron chi connectivity index (χ4n) is 1.39. The van der Waals surface area contributed by atoms with E-state index in [4.69, 9.17) is 10.8 Å². The second-order valence-electron chi connectivity index (χ2n) is 5.01. The van der Waals surface area contributed by atoms with Crippen LogP contribution in [-0.2, 0) is 19.6 Å². The zero-order valence-electron chi connectivity index (χ0n) is 11.3. The molecule has 1 atom stereocenters. The molecule has 0 spiro atoms. The highest BCUT2D eigenvalue weighted by Crippen LogP contribution is 2.02. The van der Waals surface area contributed by atoms with Crippen molar-refractivity contribution >= 4 is 21.9 Å². The molecule has 0 fully saturated rings. The van der Waals surface area contributed by atoms with Crippen LogP contribution < -0.4 is 15.8 Å². The summed E-state index contributed by atoms with van der Waals surface area (Å²) in [6.45, 7) is 3.27. The topological polar surface area (TPSA) is 139 Å². The number of hydrogen-bond donors (Lipinski definition) is 4. The van der Waals surface area contributed by atoms with Crippen molar-refractivity contribution < 1.29 is 23.1 Å². The minimum atomic E-state index is -3.38. The molecule has 0 heterocycles. The standard InChI is InChI=1S/C10H21N3O5S/c1-10(2,13-19(3,17)18)6-12-9(16)7(11)4-5-8(14)15/h7,13H,4-6,11H2,1-3H3,(H,12,16)(H,14,15). The lowest BCUT2D eigenvalue weighted by Crippen LogP contribution is -2.53. The molecule has 0 aromatic carbocycles. The van der Waals surface area contributed by atoms with Crippen molar-refractivity contribution in [2.75, 3.05) is 12.8 Å². The average Bonchev–Trinajstić information content (AvgIpc) is 2.19. The lowest BCUT2D eigenvalue weighted by molar-refractivity contribution is -0.137. The number of aliphatic carboxylic acids is 1. The molecule has 19 heavy (non-hydrogen) atoms. The van der Waals surface area contributed by atoms with E-state index in [0.717, 1.165) is 6.26 Å². The van der Waals surface area contributed by atoms with Crippen molar-refractivity contribution in [3.05, 3.63) is 0 Å². The molecule has 9 heteroatoms. The van der Waals surface area contributed by atoms with Gasteiger partial charge in [0, 0.05) is 18.5 Å². The Kier molecular flexibility index (Phi) is 6.40. The number of hydrogen-bond acceptors (Lipinski definition) is 5. The van der Waals surface area contributed by atoms with Gasteiger partial charge in [0.25, 0.3) is 0 Å². The van der Waals surface area contributed by atoms with E-state index in [9.17, 15) is 18.0 Å². The van der Waals surface area contributed by atoms with Gasteiger partial charge in [-0.2, -0.15) is 0 Å². The molecule has 0 rings (SSSR count). The highest BCUT2D eigenvalue weighted by molar-refractivity contribution is 7.88. The highest BCUT2D eigenvalue weighted by Gasteiger charge is 2.24. The van der Waals surface area contributed by atoms with Crippen LogP contribution in [0.1, 0.15) is 26.7 Å². The normalized spacial score (nSPS) is 13.9. The fourth-order valence-corrected chi connectivity index (χ4v) is 2.46. The Balaban J connectivity index is 4.24. The smallest absolute Gasteiger partial charge is 0.303 e. The summed E-state index contributed by atoms with van der Waals surface area (Å²) in [4.78, 5) is 21.9. The van der Waals surface area contributed by atoms with Gasteiger partial charge in [-0.15, -0.1) is 0 Å². The molecule has 8 nitrogen and oxygen atoms in total. The monoisotopic (exact) mass is 295 g/mol. The van der Waals surface area contributed by atoms with Crippen LogP contribution in [0.25, 0.3) is 0 Å². The second-order valence-corrected chi connectivity index (χ2v) is 6.76. The second kappa shape index (κ2) is 6.83. The molecule has 0 aromatic heterocycles. The molecule has 0 aliphatic rings. The molecule has 0 radical (unpaired) electrons. The molecule has 112 valence electrons. The summed E-state index contributed by atoms with van der Waals surface area (Å²) < 4.78 is 24.5. The van der Waals surface area contributed by atoms with Gasteiger partial charge in [-0.25, -0.2) is 13.1 Å². The molecule has 0 saturated heterocycles. The SMILES string of the molecule is CC(C)(CNC(=O)C(N)CCC(=O)O)NS(C)(=O)=O. The number of sulfonamides is 1. The van der Waals surface area contributed by atoms with Gasteiger partial charge in [-0.1, -0.05) is 0 Å². The summed E-state index contributed by atoms with van der Waals surface area (Å²) in [6.07, 6.45) is 0.857. The first-order valence-electron chi connectivity index (χ1n) is 5.67. The molecule has 5 N–H and O–H groups in total. The zero-order chi connectivity index (χ0) is 15.3. The van der Waals surface area contributed by atoms with Crippen LogP contribution in [0.15, 0.2) is 0 Å². The van der Waals surface area contributed by atoms with Crippen LogP contribution in [0.2, 0.25) is 0 Å². The van der Waals surface area contributed by atoms with Crippen LogP contribution in [0.5, 0.6) is 0 Å². The zero-order valence-corrected chi connectivity index (χ0v) is 12.1. The Morgan fingerprint density at radius 2 is 1.89 bits per heavy atom. The molecular formula is C10H21N3O5S. The number of carbonyl (C=O) groups excluding carboxylic acids is 1. The Morgan fingerprint density at radius 1 is 1.37 bits per heavy atom. The highest BCUT2D eigenvalue weighted by atomic mass is 32.2. The van der Waals surface area contributed by atoms with Gasteiger partial charge >= 0.3 is 5.97 Å². The van der Waals surface area contributed by atoms with Gasteiger partial charge in [0.2, 0.25) is 15.9 Å². The number of nitrogens with one attached hydrogen (secondary N) is 2. The number of rotatable bonds is 8. The predicted octanol–water partition coefficient (Wildman–Crippen LogP) is -1.38. The van der Waals surface area contributed by atoms with Crippen LogP contribution in [-0.4, -0.2) is 49.8 Å². The molecule has 0 saturated carbocycles. The summed E-state index contributed by atoms with van der Waals surface area (Å²) in [5, 5.41) is 11.0. The van der Waals surface area contributed by atoms with Crippen LogP contribution in [0, 0.1) is 0 Å². The summed E-state index contributed by atoms with van der Waals surface area (Å²) >= 11 is 0. The lowest BCUT2D eigenvalue weighted by atomic mass is 10.1. The van der Waals surface area contributed by atoms with Crippen molar-refractivity contribution in [1.82, 2.24) is 10.0 Å². The summed E-state index contributed by atoms with van der Waals surface area (Å²) in [5.41, 5.74) is 4.66. The first-order valence-corrected chi connectivity index (χ1v) is 7.56. The molecular weight excluding hydrogens is 274 g/mol. The summed E-state index contributed by atoms with van der Waals surface area (Å²) in [7, 11) is -3.38. The van der Waals surface area contributed by atoms with E-state index in [-0.39, 0.29) is 19.4 Å². The van der Waals surface area contributed by atoms with Crippen molar-refractivity contribution in [2.45, 2.75) is 38.3 Å². The van der Waals surface area contributed by atoms with E-state index in [2.05, 4.69) is 10.0 Å². The first-order chi connectivity index (χ1) is 8.43.